The van der Waals surface area contributed by atoms with Crippen molar-refractivity contribution in [1.29, 1.82) is 0 Å². The number of pyridine rings is 1. The third kappa shape index (κ3) is 2.63. The molecule has 1 aromatic heterocycles. The van der Waals surface area contributed by atoms with Gasteiger partial charge in [0.2, 0.25) is 0 Å². The Balaban J connectivity index is 1.67. The Morgan fingerprint density at radius 3 is 3.00 bits per heavy atom. The van der Waals surface area contributed by atoms with Gasteiger partial charge in [0.05, 0.1) is 18.2 Å². The first-order valence-electron chi connectivity index (χ1n) is 7.23. The van der Waals surface area contributed by atoms with E-state index in [1.807, 2.05) is 30.9 Å². The standard InChI is InChI=1S/C15H21N3O2/c1-11-8-13(4-7-16-11)17-14(19)18-9-12(2)20-15(10-18)5-3-6-15/h4,7-8,12H,3,5-6,9-10H2,1-2H3,(H,16,17,19). The van der Waals surface area contributed by atoms with Crippen LogP contribution in [-0.2, 0) is 4.74 Å². The summed E-state index contributed by atoms with van der Waals surface area (Å²) < 4.78 is 6.03. The molecule has 5 heteroatoms. The smallest absolute Gasteiger partial charge is 0.322 e. The molecule has 1 aliphatic heterocycles. The van der Waals surface area contributed by atoms with Crippen molar-refractivity contribution in [3.8, 4) is 0 Å². The molecular weight excluding hydrogens is 254 g/mol. The molecule has 20 heavy (non-hydrogen) atoms. The van der Waals surface area contributed by atoms with E-state index in [9.17, 15) is 4.79 Å². The quantitative estimate of drug-likeness (QED) is 0.857. The van der Waals surface area contributed by atoms with Crippen molar-refractivity contribution in [2.45, 2.75) is 44.8 Å². The van der Waals surface area contributed by atoms with E-state index in [0.717, 1.165) is 24.2 Å². The lowest BCUT2D eigenvalue weighted by atomic mass is 9.78. The zero-order chi connectivity index (χ0) is 14.2. The maximum absolute atomic E-state index is 12.4. The molecule has 1 unspecified atom stereocenters. The van der Waals surface area contributed by atoms with E-state index in [4.69, 9.17) is 4.74 Å². The van der Waals surface area contributed by atoms with Crippen LogP contribution in [0.15, 0.2) is 18.3 Å². The molecule has 0 aromatic carbocycles. The molecule has 1 spiro atoms. The zero-order valence-corrected chi connectivity index (χ0v) is 12.1. The Kier molecular flexibility index (Phi) is 3.38. The first kappa shape index (κ1) is 13.4. The number of carbonyl (C=O) groups excluding carboxylic acids is 1. The summed E-state index contributed by atoms with van der Waals surface area (Å²) in [5.41, 5.74) is 1.61. The molecule has 1 aromatic rings. The van der Waals surface area contributed by atoms with Crippen LogP contribution in [0, 0.1) is 6.92 Å². The fourth-order valence-electron chi connectivity index (χ4n) is 3.05. The number of nitrogens with zero attached hydrogens (tertiary/aromatic N) is 2. The van der Waals surface area contributed by atoms with E-state index in [0.29, 0.717) is 13.1 Å². The second-order valence-corrected chi connectivity index (χ2v) is 5.96. The van der Waals surface area contributed by atoms with Gasteiger partial charge >= 0.3 is 6.03 Å². The third-order valence-electron chi connectivity index (χ3n) is 4.11. The minimum absolute atomic E-state index is 0.0444. The van der Waals surface area contributed by atoms with E-state index in [1.165, 1.54) is 6.42 Å². The van der Waals surface area contributed by atoms with Crippen LogP contribution in [0.25, 0.3) is 0 Å². The molecule has 1 saturated heterocycles. The van der Waals surface area contributed by atoms with Gasteiger partial charge in [-0.05, 0) is 45.2 Å². The van der Waals surface area contributed by atoms with Crippen LogP contribution in [0.3, 0.4) is 0 Å². The van der Waals surface area contributed by atoms with Crippen LogP contribution in [0.4, 0.5) is 10.5 Å². The Labute approximate surface area is 119 Å². The lowest BCUT2D eigenvalue weighted by Gasteiger charge is -2.50. The lowest BCUT2D eigenvalue weighted by molar-refractivity contribution is -0.174. The minimum atomic E-state index is -0.0802. The van der Waals surface area contributed by atoms with Gasteiger partial charge in [0.25, 0.3) is 0 Å². The van der Waals surface area contributed by atoms with Gasteiger partial charge < -0.3 is 15.0 Å². The maximum atomic E-state index is 12.4. The van der Waals surface area contributed by atoms with Crippen LogP contribution in [-0.4, -0.2) is 40.7 Å². The average molecular weight is 275 g/mol. The third-order valence-corrected chi connectivity index (χ3v) is 4.11. The van der Waals surface area contributed by atoms with Gasteiger partial charge in [0.15, 0.2) is 0 Å². The highest BCUT2D eigenvalue weighted by molar-refractivity contribution is 5.89. The highest BCUT2D eigenvalue weighted by atomic mass is 16.5. The second-order valence-electron chi connectivity index (χ2n) is 5.96. The number of amides is 2. The van der Waals surface area contributed by atoms with Crippen molar-refractivity contribution in [3.05, 3.63) is 24.0 Å². The number of aromatic nitrogens is 1. The number of rotatable bonds is 1. The summed E-state index contributed by atoms with van der Waals surface area (Å²) in [5.74, 6) is 0. The number of hydrogen-bond donors (Lipinski definition) is 1. The normalized spacial score (nSPS) is 24.3. The molecule has 2 heterocycles. The van der Waals surface area contributed by atoms with Crippen molar-refractivity contribution in [1.82, 2.24) is 9.88 Å². The number of morpholine rings is 1. The molecule has 2 fully saturated rings. The Morgan fingerprint density at radius 1 is 1.55 bits per heavy atom. The van der Waals surface area contributed by atoms with Crippen molar-refractivity contribution >= 4 is 11.7 Å². The number of anilines is 1. The van der Waals surface area contributed by atoms with E-state index < -0.39 is 0 Å². The monoisotopic (exact) mass is 275 g/mol. The van der Waals surface area contributed by atoms with Gasteiger partial charge in [-0.1, -0.05) is 0 Å². The molecule has 2 aliphatic rings. The predicted octanol–water partition coefficient (Wildman–Crippen LogP) is 2.57. The number of urea groups is 1. The first-order chi connectivity index (χ1) is 9.56. The zero-order valence-electron chi connectivity index (χ0n) is 12.1. The van der Waals surface area contributed by atoms with E-state index in [-0.39, 0.29) is 17.7 Å². The maximum Gasteiger partial charge on any atom is 0.322 e. The van der Waals surface area contributed by atoms with Crippen LogP contribution in [0.5, 0.6) is 0 Å². The number of hydrogen-bond acceptors (Lipinski definition) is 3. The number of ether oxygens (including phenoxy) is 1. The molecule has 3 rings (SSSR count). The SMILES string of the molecule is Cc1cc(NC(=O)N2CC(C)OC3(CCC3)C2)ccn1. The summed E-state index contributed by atoms with van der Waals surface area (Å²) >= 11 is 0. The van der Waals surface area contributed by atoms with Gasteiger partial charge in [-0.25, -0.2) is 4.79 Å². The summed E-state index contributed by atoms with van der Waals surface area (Å²) in [6.45, 7) is 5.30. The highest BCUT2D eigenvalue weighted by Crippen LogP contribution is 2.39. The average Bonchev–Trinajstić information content (AvgIpc) is 2.36. The van der Waals surface area contributed by atoms with Crippen molar-refractivity contribution < 1.29 is 9.53 Å². The fourth-order valence-corrected chi connectivity index (χ4v) is 3.05. The molecule has 0 radical (unpaired) electrons. The number of nitrogens with one attached hydrogen (secondary N) is 1. The first-order valence-corrected chi connectivity index (χ1v) is 7.23. The Morgan fingerprint density at radius 2 is 2.35 bits per heavy atom. The van der Waals surface area contributed by atoms with Crippen LogP contribution < -0.4 is 5.32 Å². The predicted molar refractivity (Wildman–Crippen MR) is 76.7 cm³/mol. The molecule has 1 N–H and O–H groups in total. The molecular formula is C15H21N3O2. The molecule has 1 atom stereocenters. The van der Waals surface area contributed by atoms with E-state index in [1.54, 1.807) is 6.20 Å². The fraction of sp³-hybridized carbons (Fsp3) is 0.600. The summed E-state index contributed by atoms with van der Waals surface area (Å²) in [6, 6.07) is 3.64. The molecule has 0 bridgehead atoms. The Hall–Kier alpha value is -1.62. The molecule has 1 aliphatic carbocycles. The lowest BCUT2D eigenvalue weighted by Crippen LogP contribution is -2.60. The van der Waals surface area contributed by atoms with Crippen molar-refractivity contribution in [3.63, 3.8) is 0 Å². The minimum Gasteiger partial charge on any atom is -0.368 e. The largest absolute Gasteiger partial charge is 0.368 e. The summed E-state index contributed by atoms with van der Waals surface area (Å²) in [4.78, 5) is 18.4. The Bertz CT molecular complexity index is 514. The molecule has 5 nitrogen and oxygen atoms in total. The van der Waals surface area contributed by atoms with E-state index >= 15 is 0 Å². The summed E-state index contributed by atoms with van der Waals surface area (Å²) in [5, 5.41) is 2.95. The molecule has 2 amide bonds. The van der Waals surface area contributed by atoms with Gasteiger partial charge in [-0.15, -0.1) is 0 Å². The summed E-state index contributed by atoms with van der Waals surface area (Å²) in [7, 11) is 0. The van der Waals surface area contributed by atoms with Crippen LogP contribution in [0.1, 0.15) is 31.9 Å². The van der Waals surface area contributed by atoms with Crippen molar-refractivity contribution in [2.24, 2.45) is 0 Å². The topological polar surface area (TPSA) is 54.5 Å². The van der Waals surface area contributed by atoms with Gasteiger partial charge in [0.1, 0.15) is 0 Å². The van der Waals surface area contributed by atoms with E-state index in [2.05, 4.69) is 10.3 Å². The van der Waals surface area contributed by atoms with Gasteiger partial charge in [0, 0.05) is 24.1 Å². The summed E-state index contributed by atoms with van der Waals surface area (Å²) in [6.07, 6.45) is 5.14. The molecule has 108 valence electrons. The number of carbonyl (C=O) groups is 1. The molecule has 1 saturated carbocycles. The van der Waals surface area contributed by atoms with Gasteiger partial charge in [-0.3, -0.25) is 4.98 Å². The van der Waals surface area contributed by atoms with Crippen LogP contribution in [0.2, 0.25) is 0 Å². The number of aryl methyl sites for hydroxylation is 1. The van der Waals surface area contributed by atoms with Gasteiger partial charge in [-0.2, -0.15) is 0 Å². The second kappa shape index (κ2) is 5.05. The highest BCUT2D eigenvalue weighted by Gasteiger charge is 2.45. The van der Waals surface area contributed by atoms with Crippen molar-refractivity contribution in [2.75, 3.05) is 18.4 Å². The van der Waals surface area contributed by atoms with Crippen LogP contribution >= 0.6 is 0 Å².